The largest absolute Gasteiger partial charge is 0.339 e. The maximum atomic E-state index is 12.6. The van der Waals surface area contributed by atoms with E-state index in [2.05, 4.69) is 27.7 Å². The molecule has 2 amide bonds. The molecule has 3 rings (SSSR count). The Morgan fingerprint density at radius 2 is 1.83 bits per heavy atom. The predicted molar refractivity (Wildman–Crippen MR) is 118 cm³/mol. The van der Waals surface area contributed by atoms with E-state index >= 15 is 0 Å². The first-order valence-corrected chi connectivity index (χ1v) is 10.9. The fourth-order valence-corrected chi connectivity index (χ4v) is 4.23. The number of benzene rings is 1. The predicted octanol–water partition coefficient (Wildman–Crippen LogP) is 2.58. The molecular formula is C22H30N4O2S. The van der Waals surface area contributed by atoms with Gasteiger partial charge in [-0.15, -0.1) is 11.3 Å². The summed E-state index contributed by atoms with van der Waals surface area (Å²) in [5.41, 5.74) is 3.04. The van der Waals surface area contributed by atoms with Gasteiger partial charge in [-0.05, 0) is 49.5 Å². The molecule has 1 saturated heterocycles. The Morgan fingerprint density at radius 1 is 1.07 bits per heavy atom. The van der Waals surface area contributed by atoms with E-state index in [0.29, 0.717) is 0 Å². The zero-order valence-electron chi connectivity index (χ0n) is 17.5. The Kier molecular flexibility index (Phi) is 7.41. The van der Waals surface area contributed by atoms with Crippen LogP contribution in [-0.4, -0.2) is 72.8 Å². The maximum Gasteiger partial charge on any atom is 0.238 e. The maximum absolute atomic E-state index is 12.6. The van der Waals surface area contributed by atoms with Crippen molar-refractivity contribution in [1.29, 1.82) is 0 Å². The number of carbonyl (C=O) groups is 2. The smallest absolute Gasteiger partial charge is 0.238 e. The summed E-state index contributed by atoms with van der Waals surface area (Å²) in [6.45, 7) is 8.69. The molecule has 29 heavy (non-hydrogen) atoms. The van der Waals surface area contributed by atoms with Gasteiger partial charge >= 0.3 is 0 Å². The monoisotopic (exact) mass is 414 g/mol. The number of nitrogens with one attached hydrogen (secondary N) is 1. The second-order valence-electron chi connectivity index (χ2n) is 7.70. The molecule has 1 aromatic heterocycles. The van der Waals surface area contributed by atoms with Crippen LogP contribution in [0.5, 0.6) is 0 Å². The standard InChI is InChI=1S/C22H30N4O2S/c1-17-6-4-8-20(18(17)2)23-21(27)15-24(3)16-22(28)26-11-9-25(10-12-26)14-19-7-5-13-29-19/h4-8,13H,9-12,14-16H2,1-3H3,(H,23,27). The van der Waals surface area contributed by atoms with E-state index in [1.807, 2.05) is 44.0 Å². The van der Waals surface area contributed by atoms with Crippen LogP contribution in [0.1, 0.15) is 16.0 Å². The van der Waals surface area contributed by atoms with Gasteiger partial charge in [0.05, 0.1) is 13.1 Å². The number of hydrogen-bond donors (Lipinski definition) is 1. The molecule has 1 aliphatic heterocycles. The summed E-state index contributed by atoms with van der Waals surface area (Å²) in [4.78, 5) is 32.4. The van der Waals surface area contributed by atoms with Crippen molar-refractivity contribution in [1.82, 2.24) is 14.7 Å². The lowest BCUT2D eigenvalue weighted by Gasteiger charge is -2.35. The van der Waals surface area contributed by atoms with Crippen LogP contribution in [-0.2, 0) is 16.1 Å². The normalized spacial score (nSPS) is 15.0. The zero-order chi connectivity index (χ0) is 20.8. The minimum Gasteiger partial charge on any atom is -0.339 e. The Morgan fingerprint density at radius 3 is 2.52 bits per heavy atom. The molecule has 1 aliphatic rings. The molecule has 7 heteroatoms. The first-order valence-electron chi connectivity index (χ1n) is 9.99. The molecule has 0 atom stereocenters. The fourth-order valence-electron chi connectivity index (χ4n) is 3.49. The van der Waals surface area contributed by atoms with Crippen molar-refractivity contribution < 1.29 is 9.59 Å². The third-order valence-corrected chi connectivity index (χ3v) is 6.24. The van der Waals surface area contributed by atoms with E-state index in [1.54, 1.807) is 16.2 Å². The number of rotatable bonds is 7. The lowest BCUT2D eigenvalue weighted by atomic mass is 10.1. The van der Waals surface area contributed by atoms with Gasteiger partial charge in [0, 0.05) is 43.3 Å². The van der Waals surface area contributed by atoms with Crippen molar-refractivity contribution in [3.8, 4) is 0 Å². The van der Waals surface area contributed by atoms with Gasteiger partial charge in [-0.1, -0.05) is 18.2 Å². The molecule has 6 nitrogen and oxygen atoms in total. The molecule has 0 spiro atoms. The fraction of sp³-hybridized carbons (Fsp3) is 0.455. The number of thiophene rings is 1. The second kappa shape index (κ2) is 10.0. The topological polar surface area (TPSA) is 55.9 Å². The molecule has 156 valence electrons. The van der Waals surface area contributed by atoms with Gasteiger partial charge in [0.15, 0.2) is 0 Å². The Bertz CT molecular complexity index is 829. The number of likely N-dealkylation sites (N-methyl/N-ethyl adjacent to an activating group) is 1. The van der Waals surface area contributed by atoms with E-state index in [0.717, 1.165) is 49.5 Å². The number of aryl methyl sites for hydroxylation is 1. The van der Waals surface area contributed by atoms with Crippen molar-refractivity contribution in [2.75, 3.05) is 51.6 Å². The third kappa shape index (κ3) is 6.13. The summed E-state index contributed by atoms with van der Waals surface area (Å²) in [6, 6.07) is 10.1. The van der Waals surface area contributed by atoms with Gasteiger partial charge in [-0.25, -0.2) is 0 Å². The Hall–Kier alpha value is -2.22. The van der Waals surface area contributed by atoms with Crippen LogP contribution >= 0.6 is 11.3 Å². The number of hydrogen-bond acceptors (Lipinski definition) is 5. The number of carbonyl (C=O) groups excluding carboxylic acids is 2. The molecule has 1 N–H and O–H groups in total. The van der Waals surface area contributed by atoms with Crippen molar-refractivity contribution in [2.24, 2.45) is 0 Å². The SMILES string of the molecule is Cc1cccc(NC(=O)CN(C)CC(=O)N2CCN(Cc3cccs3)CC2)c1C. The van der Waals surface area contributed by atoms with Gasteiger partial charge in [0.25, 0.3) is 0 Å². The van der Waals surface area contributed by atoms with E-state index in [9.17, 15) is 9.59 Å². The van der Waals surface area contributed by atoms with Crippen molar-refractivity contribution in [2.45, 2.75) is 20.4 Å². The molecule has 2 aromatic rings. The molecule has 0 saturated carbocycles. The van der Waals surface area contributed by atoms with Crippen LogP contribution in [0.3, 0.4) is 0 Å². The lowest BCUT2D eigenvalue weighted by Crippen LogP contribution is -2.51. The lowest BCUT2D eigenvalue weighted by molar-refractivity contribution is -0.134. The van der Waals surface area contributed by atoms with E-state index in [1.165, 1.54) is 4.88 Å². The summed E-state index contributed by atoms with van der Waals surface area (Å²) in [5, 5.41) is 5.05. The summed E-state index contributed by atoms with van der Waals surface area (Å²) in [5.74, 6) is -0.0161. The number of anilines is 1. The van der Waals surface area contributed by atoms with Gasteiger partial charge in [0.1, 0.15) is 0 Å². The third-order valence-electron chi connectivity index (χ3n) is 5.38. The molecule has 1 aromatic carbocycles. The average molecular weight is 415 g/mol. The first-order chi connectivity index (χ1) is 13.9. The van der Waals surface area contributed by atoms with Crippen molar-refractivity contribution >= 4 is 28.8 Å². The molecule has 2 heterocycles. The highest BCUT2D eigenvalue weighted by molar-refractivity contribution is 7.09. The van der Waals surface area contributed by atoms with Crippen LogP contribution < -0.4 is 5.32 Å². The van der Waals surface area contributed by atoms with Crippen LogP contribution in [0.4, 0.5) is 5.69 Å². The first kappa shape index (κ1) is 21.5. The second-order valence-corrected chi connectivity index (χ2v) is 8.74. The molecule has 0 radical (unpaired) electrons. The number of nitrogens with zero attached hydrogens (tertiary/aromatic N) is 3. The van der Waals surface area contributed by atoms with Gasteiger partial charge in [-0.2, -0.15) is 0 Å². The zero-order valence-corrected chi connectivity index (χ0v) is 18.3. The Labute approximate surface area is 177 Å². The molecule has 0 aliphatic carbocycles. The van der Waals surface area contributed by atoms with Crippen LogP contribution in [0.25, 0.3) is 0 Å². The van der Waals surface area contributed by atoms with Gasteiger partial charge < -0.3 is 10.2 Å². The van der Waals surface area contributed by atoms with Crippen molar-refractivity contribution in [3.05, 3.63) is 51.7 Å². The summed E-state index contributed by atoms with van der Waals surface area (Å²) in [6.07, 6.45) is 0. The van der Waals surface area contributed by atoms with Gasteiger partial charge in [0.2, 0.25) is 11.8 Å². The average Bonchev–Trinajstić information content (AvgIpc) is 3.19. The summed E-state index contributed by atoms with van der Waals surface area (Å²) >= 11 is 1.77. The molecular weight excluding hydrogens is 384 g/mol. The summed E-state index contributed by atoms with van der Waals surface area (Å²) < 4.78 is 0. The molecule has 0 unspecified atom stereocenters. The number of amides is 2. The Balaban J connectivity index is 1.41. The van der Waals surface area contributed by atoms with Crippen LogP contribution in [0, 0.1) is 13.8 Å². The minimum atomic E-state index is -0.102. The molecule has 1 fully saturated rings. The molecule has 0 bridgehead atoms. The summed E-state index contributed by atoms with van der Waals surface area (Å²) in [7, 11) is 1.81. The van der Waals surface area contributed by atoms with Crippen molar-refractivity contribution in [3.63, 3.8) is 0 Å². The minimum absolute atomic E-state index is 0.0859. The van der Waals surface area contributed by atoms with Crippen LogP contribution in [0.2, 0.25) is 0 Å². The van der Waals surface area contributed by atoms with E-state index < -0.39 is 0 Å². The van der Waals surface area contributed by atoms with E-state index in [-0.39, 0.29) is 24.9 Å². The highest BCUT2D eigenvalue weighted by Crippen LogP contribution is 2.18. The van der Waals surface area contributed by atoms with Crippen LogP contribution in [0.15, 0.2) is 35.7 Å². The number of piperazine rings is 1. The highest BCUT2D eigenvalue weighted by Gasteiger charge is 2.22. The van der Waals surface area contributed by atoms with E-state index in [4.69, 9.17) is 0 Å². The van der Waals surface area contributed by atoms with Gasteiger partial charge in [-0.3, -0.25) is 19.4 Å². The quantitative estimate of drug-likeness (QED) is 0.757. The highest BCUT2D eigenvalue weighted by atomic mass is 32.1.